The lowest BCUT2D eigenvalue weighted by atomic mass is 10.1. The van der Waals surface area contributed by atoms with Gasteiger partial charge in [-0.1, -0.05) is 415 Å². The Kier molecular flexibility index (Phi) is 73.6. The molecule has 0 aliphatic carbocycles. The molecule has 0 heterocycles. The van der Waals surface area contributed by atoms with E-state index in [1.54, 1.807) is 34.1 Å². The summed E-state index contributed by atoms with van der Waals surface area (Å²) in [4.78, 5) is 64.6. The van der Waals surface area contributed by atoms with Crippen LogP contribution in [0.1, 0.15) is 508 Å². The SMILES string of the molecule is CCCCCCCCCCOc1ccc(C(=O)NCCN(CCN(CCNC(=O)c2ccc(OCCCCCCCCCC)c(OCCCCCCCCCC)c2)C(=O)c2ccc(OCCCCCCCCCC)c(OCCCCCCCCCC)c2)C(=O)c2ccc(OCCCCCCCCCC)c(OCCCCCCCCCC)c2)cc1OCCCCCCCCCC. The molecule has 16 heteroatoms. The number of nitrogens with one attached hydrogen (secondary N) is 2. The lowest BCUT2D eigenvalue weighted by Gasteiger charge is -2.29. The fourth-order valence-electron chi connectivity index (χ4n) is 16.9. The van der Waals surface area contributed by atoms with Crippen molar-refractivity contribution in [3.63, 3.8) is 0 Å². The number of nitrogens with zero attached hydrogens (tertiary/aromatic N) is 2. The Bertz CT molecular complexity index is 3150. The van der Waals surface area contributed by atoms with Crippen LogP contribution in [0.3, 0.4) is 0 Å². The van der Waals surface area contributed by atoms with Gasteiger partial charge in [0.1, 0.15) is 0 Å². The molecule has 0 atom stereocenters. The van der Waals surface area contributed by atoms with Crippen LogP contribution in [-0.2, 0) is 0 Å². The first-order valence-corrected chi connectivity index (χ1v) is 54.8. The van der Waals surface area contributed by atoms with E-state index in [4.69, 9.17) is 37.9 Å². The summed E-state index contributed by atoms with van der Waals surface area (Å²) >= 11 is 0. The highest BCUT2D eigenvalue weighted by atomic mass is 16.5. The summed E-state index contributed by atoms with van der Waals surface area (Å²) in [6.45, 7) is 22.8. The van der Waals surface area contributed by atoms with Crippen molar-refractivity contribution >= 4 is 23.6 Å². The van der Waals surface area contributed by atoms with Crippen molar-refractivity contribution in [3.05, 3.63) is 95.1 Å². The lowest BCUT2D eigenvalue weighted by molar-refractivity contribution is 0.0659. The van der Waals surface area contributed by atoms with Crippen LogP contribution in [0.4, 0.5) is 0 Å². The van der Waals surface area contributed by atoms with Gasteiger partial charge in [-0.3, -0.25) is 19.2 Å². The summed E-state index contributed by atoms with van der Waals surface area (Å²) in [7, 11) is 0. The average Bonchev–Trinajstić information content (AvgIpc) is 0.819. The van der Waals surface area contributed by atoms with Crippen molar-refractivity contribution in [3.8, 4) is 46.0 Å². The van der Waals surface area contributed by atoms with Gasteiger partial charge < -0.3 is 58.3 Å². The summed E-state index contributed by atoms with van der Waals surface area (Å²) in [5, 5.41) is 6.39. The molecule has 4 aromatic carbocycles. The zero-order valence-corrected chi connectivity index (χ0v) is 84.9. The van der Waals surface area contributed by atoms with Crippen LogP contribution in [0.15, 0.2) is 72.8 Å². The molecule has 0 radical (unpaired) electrons. The summed E-state index contributed by atoms with van der Waals surface area (Å²) in [6, 6.07) is 22.0. The van der Waals surface area contributed by atoms with Gasteiger partial charge in [0.15, 0.2) is 46.0 Å². The molecule has 0 aliphatic heterocycles. The lowest BCUT2D eigenvalue weighted by Crippen LogP contribution is -2.46. The summed E-state index contributed by atoms with van der Waals surface area (Å²) in [5.41, 5.74) is 1.65. The molecule has 0 unspecified atom stereocenters. The third-order valence-corrected chi connectivity index (χ3v) is 25.4. The number of unbranched alkanes of at least 4 members (excludes halogenated alkanes) is 56. The Morgan fingerprint density at radius 3 is 0.531 bits per heavy atom. The molecule has 0 aliphatic rings. The number of benzene rings is 4. The van der Waals surface area contributed by atoms with E-state index in [1.807, 2.05) is 48.5 Å². The molecule has 0 saturated heterocycles. The van der Waals surface area contributed by atoms with Gasteiger partial charge in [-0.2, -0.15) is 0 Å². The van der Waals surface area contributed by atoms with Gasteiger partial charge >= 0.3 is 0 Å². The molecule has 0 spiro atoms. The van der Waals surface area contributed by atoms with Crippen LogP contribution >= 0.6 is 0 Å². The first-order chi connectivity index (χ1) is 64.0. The number of carbonyl (C=O) groups is 4. The highest BCUT2D eigenvalue weighted by Gasteiger charge is 2.26. The van der Waals surface area contributed by atoms with Crippen molar-refractivity contribution in [2.45, 2.75) is 466 Å². The zero-order chi connectivity index (χ0) is 93.1. The highest BCUT2D eigenvalue weighted by molar-refractivity contribution is 5.97. The molecule has 4 rings (SSSR count). The van der Waals surface area contributed by atoms with E-state index in [0.29, 0.717) is 121 Å². The maximum atomic E-state index is 15.9. The summed E-state index contributed by atoms with van der Waals surface area (Å²) in [5.74, 6) is 3.41. The van der Waals surface area contributed by atoms with Crippen LogP contribution in [0.2, 0.25) is 0 Å². The monoisotopic (exact) mass is 1810 g/mol. The maximum Gasteiger partial charge on any atom is 0.254 e. The Morgan fingerprint density at radius 2 is 0.346 bits per heavy atom. The Hall–Kier alpha value is -6.84. The molecule has 4 aromatic rings. The van der Waals surface area contributed by atoms with Gasteiger partial charge in [0.25, 0.3) is 23.6 Å². The fraction of sp³-hybridized carbons (Fsp3) is 0.754. The molecular formula is C114H194N4O12. The van der Waals surface area contributed by atoms with Crippen LogP contribution < -0.4 is 48.5 Å². The van der Waals surface area contributed by atoms with Crippen molar-refractivity contribution in [1.29, 1.82) is 0 Å². The molecule has 742 valence electrons. The molecular weight excluding hydrogens is 1620 g/mol. The third-order valence-electron chi connectivity index (χ3n) is 25.4. The number of rotatable bonds is 93. The average molecular weight is 1810 g/mol. The maximum absolute atomic E-state index is 15.9. The van der Waals surface area contributed by atoms with Crippen LogP contribution in [0.5, 0.6) is 46.0 Å². The van der Waals surface area contributed by atoms with E-state index in [-0.39, 0.29) is 62.9 Å². The topological polar surface area (TPSA) is 173 Å². The number of hydrogen-bond donors (Lipinski definition) is 2. The van der Waals surface area contributed by atoms with E-state index in [1.165, 1.54) is 283 Å². The smallest absolute Gasteiger partial charge is 0.254 e. The quantitative estimate of drug-likeness (QED) is 0.0401. The second-order valence-corrected chi connectivity index (χ2v) is 37.3. The first-order valence-electron chi connectivity index (χ1n) is 54.8. The van der Waals surface area contributed by atoms with Gasteiger partial charge in [-0.15, -0.1) is 0 Å². The Labute approximate surface area is 796 Å². The molecule has 130 heavy (non-hydrogen) atoms. The zero-order valence-electron chi connectivity index (χ0n) is 84.9. The molecule has 4 amide bonds. The first kappa shape index (κ1) is 115. The third kappa shape index (κ3) is 57.7. The van der Waals surface area contributed by atoms with Gasteiger partial charge in [0.05, 0.1) is 52.9 Å². The van der Waals surface area contributed by atoms with Crippen LogP contribution in [0.25, 0.3) is 0 Å². The Balaban J connectivity index is 1.81. The molecule has 0 bridgehead atoms. The minimum atomic E-state index is -0.310. The van der Waals surface area contributed by atoms with Crippen LogP contribution in [0, 0.1) is 0 Å². The van der Waals surface area contributed by atoms with Gasteiger partial charge in [0, 0.05) is 61.5 Å². The van der Waals surface area contributed by atoms with E-state index in [9.17, 15) is 9.59 Å². The Morgan fingerprint density at radius 1 is 0.192 bits per heavy atom. The molecule has 0 fully saturated rings. The van der Waals surface area contributed by atoms with E-state index >= 15 is 9.59 Å². The fourth-order valence-corrected chi connectivity index (χ4v) is 16.9. The van der Waals surface area contributed by atoms with Gasteiger partial charge in [-0.05, 0) is 124 Å². The van der Waals surface area contributed by atoms with E-state index < -0.39 is 0 Å². The summed E-state index contributed by atoms with van der Waals surface area (Å²) in [6.07, 6.45) is 75.4. The molecule has 0 aromatic heterocycles. The van der Waals surface area contributed by atoms with Crippen molar-refractivity contribution in [2.75, 3.05) is 92.1 Å². The largest absolute Gasteiger partial charge is 0.490 e. The van der Waals surface area contributed by atoms with E-state index in [0.717, 1.165) is 128 Å². The normalized spacial score (nSPS) is 11.3. The van der Waals surface area contributed by atoms with Gasteiger partial charge in [0.2, 0.25) is 0 Å². The number of amides is 4. The second-order valence-electron chi connectivity index (χ2n) is 37.3. The summed E-state index contributed by atoms with van der Waals surface area (Å²) < 4.78 is 52.5. The number of hydrogen-bond acceptors (Lipinski definition) is 12. The van der Waals surface area contributed by atoms with Crippen molar-refractivity contribution < 1.29 is 57.1 Å². The van der Waals surface area contributed by atoms with E-state index in [2.05, 4.69) is 66.0 Å². The predicted molar refractivity (Wildman–Crippen MR) is 547 cm³/mol. The van der Waals surface area contributed by atoms with Gasteiger partial charge in [-0.25, -0.2) is 0 Å². The standard InChI is InChI=1S/C114H194N4O12/c1-9-17-25-33-41-49-57-65-87-123-103-77-73-99(95-107(103)127-91-69-61-53-45-37-29-21-13-5)111(119)115-81-83-117(113(121)101-75-79-105(125-89-67-59-51-43-35-27-19-11-3)109(97-101)129-93-71-63-55-47-39-31-23-15-7)85-86-118(114(122)102-76-80-106(126-90-68-60-52-44-36-28-20-12-4)110(98-102)130-94-72-64-56-48-40-32-24-16-8)84-82-116-112(120)100-74-78-104(124-88-66-58-50-42-34-26-18-10-2)108(96-100)128-92-70-62-54-46-38-30-22-14-6/h73-80,95-98H,9-72,81-94H2,1-8H3,(H,115,119)(H,116,120). The minimum absolute atomic E-state index is 0.0722. The minimum Gasteiger partial charge on any atom is -0.490 e. The molecule has 0 saturated carbocycles. The van der Waals surface area contributed by atoms with Crippen molar-refractivity contribution in [1.82, 2.24) is 20.4 Å². The highest BCUT2D eigenvalue weighted by Crippen LogP contribution is 2.35. The van der Waals surface area contributed by atoms with Crippen molar-refractivity contribution in [2.24, 2.45) is 0 Å². The second kappa shape index (κ2) is 82.8. The molecule has 2 N–H and O–H groups in total. The predicted octanol–water partition coefficient (Wildman–Crippen LogP) is 32.3. The number of ether oxygens (including phenoxy) is 8. The van der Waals surface area contributed by atoms with Crippen LogP contribution in [-0.4, -0.2) is 126 Å². The number of carbonyl (C=O) groups excluding carboxylic acids is 4. The molecule has 16 nitrogen and oxygen atoms in total.